The molecule has 10 heteroatoms. The highest BCUT2D eigenvalue weighted by Crippen LogP contribution is 2.33. The van der Waals surface area contributed by atoms with Crippen molar-refractivity contribution in [3.8, 4) is 17.2 Å². The molecule has 0 atom stereocenters. The number of carbonyl (C=O) groups excluding carboxylic acids is 1. The Kier molecular flexibility index (Phi) is 7.55. The average Bonchev–Trinajstić information content (AvgIpc) is 3.41. The molecule has 200 valence electrons. The minimum Gasteiger partial charge on any atom is -0.496 e. The molecule has 0 aliphatic carbocycles. The first-order valence-electron chi connectivity index (χ1n) is 12.4. The van der Waals surface area contributed by atoms with Crippen molar-refractivity contribution in [3.63, 3.8) is 0 Å². The van der Waals surface area contributed by atoms with Gasteiger partial charge in [0.05, 0.1) is 12.0 Å². The number of sulfonamides is 1. The van der Waals surface area contributed by atoms with E-state index < -0.39 is 10.0 Å². The summed E-state index contributed by atoms with van der Waals surface area (Å²) in [7, 11) is -0.633. The Hall–Kier alpha value is -3.60. The van der Waals surface area contributed by atoms with Gasteiger partial charge in [-0.15, -0.1) is 0 Å². The van der Waals surface area contributed by atoms with Gasteiger partial charge in [0.15, 0.2) is 11.5 Å². The number of hydrogen-bond acceptors (Lipinski definition) is 7. The number of rotatable bonds is 8. The van der Waals surface area contributed by atoms with Crippen LogP contribution in [-0.4, -0.2) is 75.6 Å². The standard InChI is InChI=1S/C28H31N3O6S/c1-29(38(33,34)24-6-4-3-5-7-24)19-23-17-22(9-11-25(23)35-2)28(32)31-14-12-30(13-15-31)18-21-8-10-26-27(16-21)37-20-36-26/h3-11,16-17H,12-15,18-20H2,1-2H3. The van der Waals surface area contributed by atoms with E-state index in [2.05, 4.69) is 4.90 Å². The molecule has 1 fully saturated rings. The summed E-state index contributed by atoms with van der Waals surface area (Å²) >= 11 is 0. The molecule has 0 unspecified atom stereocenters. The monoisotopic (exact) mass is 537 g/mol. The number of methoxy groups -OCH3 is 1. The number of benzene rings is 3. The Labute approximate surface area is 223 Å². The summed E-state index contributed by atoms with van der Waals surface area (Å²) in [5, 5.41) is 0. The predicted octanol–water partition coefficient (Wildman–Crippen LogP) is 3.20. The number of piperazine rings is 1. The quantitative estimate of drug-likeness (QED) is 0.436. The van der Waals surface area contributed by atoms with Gasteiger partial charge in [-0.25, -0.2) is 8.42 Å². The number of ether oxygens (including phenoxy) is 3. The van der Waals surface area contributed by atoms with Gasteiger partial charge in [-0.1, -0.05) is 24.3 Å². The van der Waals surface area contributed by atoms with E-state index in [4.69, 9.17) is 14.2 Å². The van der Waals surface area contributed by atoms with Crippen LogP contribution in [0.5, 0.6) is 17.2 Å². The van der Waals surface area contributed by atoms with Gasteiger partial charge in [0, 0.05) is 57.4 Å². The van der Waals surface area contributed by atoms with Crippen LogP contribution < -0.4 is 14.2 Å². The smallest absolute Gasteiger partial charge is 0.253 e. The van der Waals surface area contributed by atoms with E-state index >= 15 is 0 Å². The molecular formula is C28H31N3O6S. The van der Waals surface area contributed by atoms with Gasteiger partial charge < -0.3 is 19.1 Å². The summed E-state index contributed by atoms with van der Waals surface area (Å²) in [5.41, 5.74) is 2.28. The highest BCUT2D eigenvalue weighted by atomic mass is 32.2. The first-order valence-corrected chi connectivity index (χ1v) is 13.9. The lowest BCUT2D eigenvalue weighted by Gasteiger charge is -2.35. The largest absolute Gasteiger partial charge is 0.496 e. The Balaban J connectivity index is 1.23. The van der Waals surface area contributed by atoms with Crippen LogP contribution in [0.2, 0.25) is 0 Å². The lowest BCUT2D eigenvalue weighted by molar-refractivity contribution is 0.0628. The van der Waals surface area contributed by atoms with Crippen LogP contribution in [-0.2, 0) is 23.1 Å². The minimum absolute atomic E-state index is 0.0742. The molecule has 38 heavy (non-hydrogen) atoms. The zero-order valence-corrected chi connectivity index (χ0v) is 22.3. The summed E-state index contributed by atoms with van der Waals surface area (Å²) in [5.74, 6) is 2.00. The maximum absolute atomic E-state index is 13.4. The fraction of sp³-hybridized carbons (Fsp3) is 0.321. The van der Waals surface area contributed by atoms with Crippen LogP contribution in [0.15, 0.2) is 71.6 Å². The van der Waals surface area contributed by atoms with E-state index in [0.29, 0.717) is 30.0 Å². The van der Waals surface area contributed by atoms with E-state index in [0.717, 1.165) is 36.7 Å². The third-order valence-electron chi connectivity index (χ3n) is 6.87. The van der Waals surface area contributed by atoms with Crippen LogP contribution in [0.25, 0.3) is 0 Å². The second kappa shape index (κ2) is 11.0. The predicted molar refractivity (Wildman–Crippen MR) is 142 cm³/mol. The molecular weight excluding hydrogens is 506 g/mol. The van der Waals surface area contributed by atoms with Crippen molar-refractivity contribution in [3.05, 3.63) is 83.4 Å². The second-order valence-corrected chi connectivity index (χ2v) is 11.4. The van der Waals surface area contributed by atoms with Crippen molar-refractivity contribution in [1.82, 2.24) is 14.1 Å². The topological polar surface area (TPSA) is 88.6 Å². The first-order chi connectivity index (χ1) is 18.3. The van der Waals surface area contributed by atoms with Crippen molar-refractivity contribution in [1.29, 1.82) is 0 Å². The van der Waals surface area contributed by atoms with Gasteiger partial charge in [-0.2, -0.15) is 4.31 Å². The number of amides is 1. The zero-order chi connectivity index (χ0) is 26.7. The highest BCUT2D eigenvalue weighted by molar-refractivity contribution is 7.89. The van der Waals surface area contributed by atoms with Gasteiger partial charge >= 0.3 is 0 Å². The Morgan fingerprint density at radius 1 is 0.947 bits per heavy atom. The molecule has 2 heterocycles. The van der Waals surface area contributed by atoms with E-state index in [-0.39, 0.29) is 24.1 Å². The van der Waals surface area contributed by atoms with E-state index in [1.54, 1.807) is 48.5 Å². The molecule has 2 aliphatic rings. The normalized spacial score (nSPS) is 15.6. The number of fused-ring (bicyclic) bond motifs is 1. The molecule has 0 N–H and O–H groups in total. The van der Waals surface area contributed by atoms with Crippen molar-refractivity contribution in [2.45, 2.75) is 18.0 Å². The summed E-state index contributed by atoms with van der Waals surface area (Å²) in [6, 6.07) is 19.4. The van der Waals surface area contributed by atoms with E-state index in [1.165, 1.54) is 18.5 Å². The van der Waals surface area contributed by atoms with Crippen molar-refractivity contribution < 1.29 is 27.4 Å². The molecule has 0 saturated carbocycles. The number of nitrogens with zero attached hydrogens (tertiary/aromatic N) is 3. The molecule has 0 bridgehead atoms. The number of carbonyl (C=O) groups is 1. The maximum atomic E-state index is 13.4. The van der Waals surface area contributed by atoms with Crippen molar-refractivity contribution >= 4 is 15.9 Å². The Morgan fingerprint density at radius 3 is 2.42 bits per heavy atom. The molecule has 2 aliphatic heterocycles. The molecule has 0 spiro atoms. The average molecular weight is 538 g/mol. The summed E-state index contributed by atoms with van der Waals surface area (Å²) in [6.45, 7) is 3.81. The lowest BCUT2D eigenvalue weighted by Crippen LogP contribution is -2.48. The van der Waals surface area contributed by atoms with Crippen molar-refractivity contribution in [2.24, 2.45) is 0 Å². The molecule has 1 amide bonds. The summed E-state index contributed by atoms with van der Waals surface area (Å²) in [4.78, 5) is 17.7. The van der Waals surface area contributed by atoms with Crippen LogP contribution in [0, 0.1) is 0 Å². The van der Waals surface area contributed by atoms with Crippen LogP contribution in [0.1, 0.15) is 21.5 Å². The van der Waals surface area contributed by atoms with Gasteiger partial charge in [0.25, 0.3) is 5.91 Å². The van der Waals surface area contributed by atoms with Gasteiger partial charge in [0.1, 0.15) is 5.75 Å². The first kappa shape index (κ1) is 26.0. The molecule has 1 saturated heterocycles. The van der Waals surface area contributed by atoms with Gasteiger partial charge in [0.2, 0.25) is 16.8 Å². The minimum atomic E-state index is -3.69. The molecule has 9 nitrogen and oxygen atoms in total. The van der Waals surface area contributed by atoms with Crippen LogP contribution in [0.4, 0.5) is 0 Å². The SMILES string of the molecule is COc1ccc(C(=O)N2CCN(Cc3ccc4c(c3)OCO4)CC2)cc1CN(C)S(=O)(=O)c1ccccc1. The van der Waals surface area contributed by atoms with Gasteiger partial charge in [-0.05, 0) is 48.0 Å². The zero-order valence-electron chi connectivity index (χ0n) is 21.5. The molecule has 3 aromatic carbocycles. The molecule has 0 aromatic heterocycles. The van der Waals surface area contributed by atoms with Crippen LogP contribution in [0.3, 0.4) is 0 Å². The van der Waals surface area contributed by atoms with Crippen LogP contribution >= 0.6 is 0 Å². The fourth-order valence-corrected chi connectivity index (χ4v) is 5.89. The molecule has 5 rings (SSSR count). The van der Waals surface area contributed by atoms with Gasteiger partial charge in [-0.3, -0.25) is 9.69 Å². The third-order valence-corrected chi connectivity index (χ3v) is 8.69. The number of hydrogen-bond donors (Lipinski definition) is 0. The summed E-state index contributed by atoms with van der Waals surface area (Å²) < 4.78 is 43.6. The maximum Gasteiger partial charge on any atom is 0.253 e. The Bertz CT molecular complexity index is 1410. The Morgan fingerprint density at radius 2 is 1.68 bits per heavy atom. The third kappa shape index (κ3) is 5.47. The van der Waals surface area contributed by atoms with E-state index in [9.17, 15) is 13.2 Å². The van der Waals surface area contributed by atoms with Crippen molar-refractivity contribution in [2.75, 3.05) is 47.1 Å². The molecule has 3 aromatic rings. The molecule has 0 radical (unpaired) electrons. The fourth-order valence-electron chi connectivity index (χ4n) is 4.72. The lowest BCUT2D eigenvalue weighted by atomic mass is 10.1. The van der Waals surface area contributed by atoms with E-state index in [1.807, 2.05) is 23.1 Å². The summed E-state index contributed by atoms with van der Waals surface area (Å²) in [6.07, 6.45) is 0. The second-order valence-electron chi connectivity index (χ2n) is 9.36. The highest BCUT2D eigenvalue weighted by Gasteiger charge is 2.25.